The molecular formula is C22H22O. The molecule has 1 nitrogen and oxygen atoms in total. The molecule has 0 aliphatic rings. The Morgan fingerprint density at radius 2 is 1.09 bits per heavy atom. The lowest BCUT2D eigenvalue weighted by molar-refractivity contribution is 0.0216. The van der Waals surface area contributed by atoms with Crippen molar-refractivity contribution in [3.05, 3.63) is 107 Å². The quantitative estimate of drug-likeness (QED) is 0.579. The fraction of sp³-hybridized carbons (Fsp3) is 0.182. The van der Waals surface area contributed by atoms with E-state index in [0.29, 0.717) is 6.61 Å². The third kappa shape index (κ3) is 2.93. The molecule has 0 bridgehead atoms. The second kappa shape index (κ2) is 6.80. The van der Waals surface area contributed by atoms with E-state index in [2.05, 4.69) is 86.6 Å². The van der Waals surface area contributed by atoms with E-state index in [1.165, 1.54) is 5.56 Å². The van der Waals surface area contributed by atoms with Gasteiger partial charge in [0.05, 0.1) is 0 Å². The van der Waals surface area contributed by atoms with Crippen molar-refractivity contribution in [3.63, 3.8) is 0 Å². The van der Waals surface area contributed by atoms with E-state index in [1.807, 2.05) is 12.1 Å². The lowest BCUT2D eigenvalue weighted by Crippen LogP contribution is -2.32. The molecule has 0 heterocycles. The van der Waals surface area contributed by atoms with Crippen LogP contribution in [0.25, 0.3) is 0 Å². The molecule has 116 valence electrons. The summed E-state index contributed by atoms with van der Waals surface area (Å²) in [5.41, 5.74) is 4.13. The maximum absolute atomic E-state index is 6.43. The minimum atomic E-state index is -0.578. The molecule has 0 radical (unpaired) electrons. The fourth-order valence-electron chi connectivity index (χ4n) is 3.10. The highest BCUT2D eigenvalue weighted by Gasteiger charge is 2.36. The standard InChI is InChI=1S/C22H22O/c1-3-23-22(19-10-6-4-7-11-19,20-12-8-5-9-13-20)21-16-14-18(2)15-17-21/h4-17H,3H2,1-2H3. The highest BCUT2D eigenvalue weighted by atomic mass is 16.5. The number of hydrogen-bond donors (Lipinski definition) is 0. The summed E-state index contributed by atoms with van der Waals surface area (Å²) in [4.78, 5) is 0. The molecule has 3 aromatic rings. The maximum Gasteiger partial charge on any atom is 0.143 e. The average Bonchev–Trinajstić information content (AvgIpc) is 2.62. The number of hydrogen-bond acceptors (Lipinski definition) is 1. The molecule has 0 aliphatic heterocycles. The van der Waals surface area contributed by atoms with Gasteiger partial charge >= 0.3 is 0 Å². The number of aryl methyl sites for hydroxylation is 1. The Morgan fingerprint density at radius 1 is 0.652 bits per heavy atom. The third-order valence-electron chi connectivity index (χ3n) is 4.18. The summed E-state index contributed by atoms with van der Waals surface area (Å²) >= 11 is 0. The largest absolute Gasteiger partial charge is 0.361 e. The molecule has 0 fully saturated rings. The lowest BCUT2D eigenvalue weighted by Gasteiger charge is -2.35. The van der Waals surface area contributed by atoms with Gasteiger partial charge in [-0.25, -0.2) is 0 Å². The highest BCUT2D eigenvalue weighted by molar-refractivity contribution is 5.47. The Hall–Kier alpha value is -2.38. The van der Waals surface area contributed by atoms with Gasteiger partial charge in [-0.2, -0.15) is 0 Å². The number of rotatable bonds is 5. The fourth-order valence-corrected chi connectivity index (χ4v) is 3.10. The summed E-state index contributed by atoms with van der Waals surface area (Å²) in [5, 5.41) is 0. The summed E-state index contributed by atoms with van der Waals surface area (Å²) in [5.74, 6) is 0. The van der Waals surface area contributed by atoms with Crippen LogP contribution in [0, 0.1) is 6.92 Å². The first-order valence-electron chi connectivity index (χ1n) is 8.09. The minimum Gasteiger partial charge on any atom is -0.361 e. The van der Waals surface area contributed by atoms with Gasteiger partial charge in [0.25, 0.3) is 0 Å². The molecule has 1 heteroatoms. The van der Waals surface area contributed by atoms with Crippen molar-refractivity contribution in [3.8, 4) is 0 Å². The van der Waals surface area contributed by atoms with Gasteiger partial charge in [0, 0.05) is 6.61 Å². The van der Waals surface area contributed by atoms with E-state index in [9.17, 15) is 0 Å². The van der Waals surface area contributed by atoms with E-state index >= 15 is 0 Å². The van der Waals surface area contributed by atoms with Crippen molar-refractivity contribution in [2.24, 2.45) is 0 Å². The van der Waals surface area contributed by atoms with Crippen molar-refractivity contribution in [1.29, 1.82) is 0 Å². The molecular weight excluding hydrogens is 280 g/mol. The van der Waals surface area contributed by atoms with Gasteiger partial charge in [0.2, 0.25) is 0 Å². The first-order valence-corrected chi connectivity index (χ1v) is 8.09. The highest BCUT2D eigenvalue weighted by Crippen LogP contribution is 2.40. The van der Waals surface area contributed by atoms with Crippen molar-refractivity contribution in [2.75, 3.05) is 6.61 Å². The SMILES string of the molecule is CCOC(c1ccccc1)(c1ccccc1)c1ccc(C)cc1. The van der Waals surface area contributed by atoms with Crippen molar-refractivity contribution < 1.29 is 4.74 Å². The van der Waals surface area contributed by atoms with Crippen LogP contribution in [0.4, 0.5) is 0 Å². The molecule has 0 aliphatic carbocycles. The predicted octanol–water partition coefficient (Wildman–Crippen LogP) is 5.32. The van der Waals surface area contributed by atoms with Crippen LogP contribution in [0.3, 0.4) is 0 Å². The van der Waals surface area contributed by atoms with Gasteiger partial charge in [-0.1, -0.05) is 90.5 Å². The van der Waals surface area contributed by atoms with Crippen LogP contribution >= 0.6 is 0 Å². The molecule has 0 saturated heterocycles. The molecule has 0 spiro atoms. The van der Waals surface area contributed by atoms with Gasteiger partial charge in [-0.15, -0.1) is 0 Å². The van der Waals surface area contributed by atoms with Crippen LogP contribution in [-0.2, 0) is 10.3 Å². The van der Waals surface area contributed by atoms with Gasteiger partial charge in [-0.05, 0) is 30.5 Å². The van der Waals surface area contributed by atoms with Gasteiger partial charge in [-0.3, -0.25) is 0 Å². The monoisotopic (exact) mass is 302 g/mol. The van der Waals surface area contributed by atoms with Crippen molar-refractivity contribution >= 4 is 0 Å². The smallest absolute Gasteiger partial charge is 0.143 e. The van der Waals surface area contributed by atoms with Gasteiger partial charge in [0.1, 0.15) is 5.60 Å². The van der Waals surface area contributed by atoms with Crippen molar-refractivity contribution in [1.82, 2.24) is 0 Å². The molecule has 3 aromatic carbocycles. The third-order valence-corrected chi connectivity index (χ3v) is 4.18. The molecule has 0 amide bonds. The second-order valence-electron chi connectivity index (χ2n) is 5.71. The average molecular weight is 302 g/mol. The van der Waals surface area contributed by atoms with Gasteiger partial charge in [0.15, 0.2) is 0 Å². The Balaban J connectivity index is 2.28. The Bertz CT molecular complexity index is 690. The Morgan fingerprint density at radius 3 is 1.52 bits per heavy atom. The van der Waals surface area contributed by atoms with E-state index in [0.717, 1.165) is 16.7 Å². The Labute approximate surface area is 138 Å². The molecule has 0 unspecified atom stereocenters. The maximum atomic E-state index is 6.43. The molecule has 0 saturated carbocycles. The summed E-state index contributed by atoms with van der Waals surface area (Å²) in [7, 11) is 0. The van der Waals surface area contributed by atoms with Crippen LogP contribution in [0.15, 0.2) is 84.9 Å². The first-order chi connectivity index (χ1) is 11.3. The van der Waals surface area contributed by atoms with Gasteiger partial charge < -0.3 is 4.74 Å². The molecule has 0 N–H and O–H groups in total. The molecule has 3 rings (SSSR count). The van der Waals surface area contributed by atoms with E-state index in [-0.39, 0.29) is 0 Å². The van der Waals surface area contributed by atoms with Crippen LogP contribution in [0.5, 0.6) is 0 Å². The number of benzene rings is 3. The number of ether oxygens (including phenoxy) is 1. The normalized spacial score (nSPS) is 11.4. The van der Waals surface area contributed by atoms with E-state index in [4.69, 9.17) is 4.74 Å². The zero-order valence-corrected chi connectivity index (χ0v) is 13.7. The van der Waals surface area contributed by atoms with Crippen LogP contribution in [0.2, 0.25) is 0 Å². The minimum absolute atomic E-state index is 0.578. The van der Waals surface area contributed by atoms with Crippen LogP contribution in [0.1, 0.15) is 29.2 Å². The van der Waals surface area contributed by atoms with E-state index in [1.54, 1.807) is 0 Å². The summed E-state index contributed by atoms with van der Waals surface area (Å²) in [6, 6.07) is 29.6. The topological polar surface area (TPSA) is 9.23 Å². The van der Waals surface area contributed by atoms with Crippen LogP contribution in [-0.4, -0.2) is 6.61 Å². The summed E-state index contributed by atoms with van der Waals surface area (Å²) in [6.07, 6.45) is 0. The zero-order valence-electron chi connectivity index (χ0n) is 13.7. The zero-order chi connectivity index (χ0) is 16.1. The summed E-state index contributed by atoms with van der Waals surface area (Å²) in [6.45, 7) is 4.80. The second-order valence-corrected chi connectivity index (χ2v) is 5.71. The molecule has 23 heavy (non-hydrogen) atoms. The van der Waals surface area contributed by atoms with Crippen molar-refractivity contribution in [2.45, 2.75) is 19.4 Å². The predicted molar refractivity (Wildman–Crippen MR) is 95.6 cm³/mol. The molecule has 0 aromatic heterocycles. The molecule has 0 atom stereocenters. The van der Waals surface area contributed by atoms with E-state index < -0.39 is 5.60 Å². The lowest BCUT2D eigenvalue weighted by atomic mass is 9.80. The van der Waals surface area contributed by atoms with Crippen LogP contribution < -0.4 is 0 Å². The summed E-state index contributed by atoms with van der Waals surface area (Å²) < 4.78 is 6.43. The first kappa shape index (κ1) is 15.5. The Kier molecular flexibility index (Phi) is 4.59.